The van der Waals surface area contributed by atoms with Crippen LogP contribution in [0.1, 0.15) is 427 Å². The van der Waals surface area contributed by atoms with E-state index >= 15 is 0 Å². The highest BCUT2D eigenvalue weighted by atomic mass is 16.5. The highest BCUT2D eigenvalue weighted by Gasteiger charge is 2.50. The van der Waals surface area contributed by atoms with Crippen LogP contribution in [0.5, 0.6) is 0 Å². The van der Waals surface area contributed by atoms with Gasteiger partial charge in [0.1, 0.15) is 0 Å². The second-order valence-electron chi connectivity index (χ2n) is 55.1. The van der Waals surface area contributed by atoms with E-state index in [-0.39, 0.29) is 0 Å². The molecule has 0 aromatic rings. The average Bonchev–Trinajstić information content (AvgIpc) is 1.75. The van der Waals surface area contributed by atoms with Crippen LogP contribution in [0.25, 0.3) is 0 Å². The van der Waals surface area contributed by atoms with Gasteiger partial charge in [0.2, 0.25) is 0 Å². The van der Waals surface area contributed by atoms with Gasteiger partial charge in [-0.3, -0.25) is 34.3 Å². The predicted molar refractivity (Wildman–Crippen MR) is 610 cm³/mol. The minimum absolute atomic E-state index is 0.552. The first-order valence-corrected chi connectivity index (χ1v) is 62.5. The molecule has 15 atom stereocenters. The molecule has 17 nitrogen and oxygen atoms in total. The molecule has 828 valence electrons. The Labute approximate surface area is 878 Å². The predicted octanol–water partition coefficient (Wildman–Crippen LogP) is 24.4. The van der Waals surface area contributed by atoms with Crippen LogP contribution in [-0.4, -0.2) is 384 Å². The van der Waals surface area contributed by atoms with Crippen molar-refractivity contribution in [3.8, 4) is 0 Å². The second kappa shape index (κ2) is 60.8. The molecule has 17 heteroatoms. The molecule has 0 aromatic heterocycles. The van der Waals surface area contributed by atoms with Gasteiger partial charge >= 0.3 is 0 Å². The molecule has 0 radical (unpaired) electrons. The number of ether oxygens (including phenoxy) is 2. The normalized spacial score (nSPS) is 33.0. The first-order chi connectivity index (χ1) is 67.1. The lowest BCUT2D eigenvalue weighted by Crippen LogP contribution is -2.61. The van der Waals surface area contributed by atoms with Crippen molar-refractivity contribution in [2.75, 3.05) is 183 Å². The Hall–Kier alpha value is -0.680. The smallest absolute Gasteiger partial charge is 0.0707 e. The van der Waals surface area contributed by atoms with E-state index in [9.17, 15) is 0 Å². The molecule has 15 unspecified atom stereocenters. The minimum Gasteiger partial charge on any atom is -0.378 e. The Morgan fingerprint density at radius 2 is 0.596 bits per heavy atom. The number of morpholine rings is 2. The molecule has 23 aliphatic rings. The Morgan fingerprint density at radius 3 is 0.922 bits per heavy atom. The first-order valence-electron chi connectivity index (χ1n) is 62.5. The van der Waals surface area contributed by atoms with Crippen molar-refractivity contribution in [1.29, 1.82) is 0 Å². The summed E-state index contributed by atoms with van der Waals surface area (Å²) in [5.74, 6) is 9.26. The summed E-state index contributed by atoms with van der Waals surface area (Å²) in [5, 5.41) is 0. The van der Waals surface area contributed by atoms with Crippen molar-refractivity contribution < 1.29 is 9.47 Å². The van der Waals surface area contributed by atoms with Crippen LogP contribution >= 0.6 is 0 Å². The highest BCUT2D eigenvalue weighted by Crippen LogP contribution is 2.50. The van der Waals surface area contributed by atoms with Crippen molar-refractivity contribution in [2.45, 2.75) is 554 Å². The van der Waals surface area contributed by atoms with Gasteiger partial charge in [-0.2, -0.15) is 0 Å². The third-order valence-corrected chi connectivity index (χ3v) is 39.5. The minimum atomic E-state index is 0.552. The van der Waals surface area contributed by atoms with Gasteiger partial charge in [-0.15, -0.1) is 0 Å². The van der Waals surface area contributed by atoms with E-state index in [2.05, 4.69) is 288 Å². The molecule has 0 aromatic carbocycles. The molecule has 141 heavy (non-hydrogen) atoms. The van der Waals surface area contributed by atoms with Crippen LogP contribution in [0.3, 0.4) is 0 Å². The number of fused-ring (bicyclic) bond motifs is 11. The van der Waals surface area contributed by atoms with E-state index in [4.69, 9.17) is 9.47 Å². The molecular weight excluding hydrogens is 1730 g/mol. The summed E-state index contributed by atoms with van der Waals surface area (Å²) in [7, 11) is 0. The molecule has 8 bridgehead atoms. The Bertz CT molecular complexity index is 3080. The maximum absolute atomic E-state index is 5.74. The molecule has 0 amide bonds. The number of likely N-dealkylation sites (tertiary alicyclic amines) is 12. The van der Waals surface area contributed by atoms with E-state index in [0.717, 1.165) is 193 Å². The van der Waals surface area contributed by atoms with E-state index in [1.54, 1.807) is 0 Å². The first kappa shape index (κ1) is 122. The van der Waals surface area contributed by atoms with Crippen molar-refractivity contribution >= 4 is 0 Å². The molecule has 2 spiro atoms. The Balaban J connectivity index is 0.000000156. The summed E-state index contributed by atoms with van der Waals surface area (Å²) >= 11 is 0. The molecule has 6 aliphatic carbocycles. The van der Waals surface area contributed by atoms with Crippen molar-refractivity contribution in [2.24, 2.45) is 64.1 Å². The third kappa shape index (κ3) is 38.8. The van der Waals surface area contributed by atoms with Gasteiger partial charge in [0, 0.05) is 226 Å². The maximum Gasteiger partial charge on any atom is 0.0707 e. The number of piperidine rings is 4. The molecule has 17 aliphatic heterocycles. The van der Waals surface area contributed by atoms with Gasteiger partial charge in [-0.25, -0.2) is 0 Å². The number of nitrogens with zero attached hydrogens (tertiary/aromatic N) is 15. The lowest BCUT2D eigenvalue weighted by atomic mass is 9.63. The lowest BCUT2D eigenvalue weighted by molar-refractivity contribution is -0.0758. The fourth-order valence-corrected chi connectivity index (χ4v) is 29.2. The van der Waals surface area contributed by atoms with Crippen LogP contribution in [-0.2, 0) is 9.47 Å². The third-order valence-electron chi connectivity index (χ3n) is 39.5. The Kier molecular flexibility index (Phi) is 52.7. The van der Waals surface area contributed by atoms with Crippen LogP contribution in [0.2, 0.25) is 0 Å². The van der Waals surface area contributed by atoms with Crippen LogP contribution < -0.4 is 0 Å². The summed E-state index contributed by atoms with van der Waals surface area (Å²) in [5.41, 5.74) is 1.65. The standard InChI is InChI=1S/3C10H19N.C9H18N2.2C9H17NO.3C9H17N.C9H19N.3C8H17N.C7H15N/c2*1-8(2)11-6-9-4-3-5-10(9)7-11;1-8(2)11-7-6-9-4-3-5-10(9)11;1-8(2)11-6-5-10-4-3-9(11)7-10;1-7(2)10-8-3-4-9(10)6-11-5-8;1-7(2)10-5-8-3-4-9(6-10)11-8;1-7(2)10-6-8-3-4-9(10)5-8;2*1-8(2)10-6-9(7-10)4-3-5-9;1-8(2)10-6-4-9(3)5-7-10;1-7(2)9-5-4-8(3)6-9;2*1-8(2)9-6-4-3-5-7-9;1-6(2)8-4-7(3)5-8/h3*8-10H,3-7H2,1-2H3;8-9H,3-7H2,1-2H3;2*7-9H,3-6H2,1-2H3;7-9H,3-6H2,1-2H3;2*8H,3-7H2,1-2H3;8-9H,4-7H2,1-3H3;7-8H,4-6H2,1-3H3;2*8H,3-7H2,1-2H3;6-7H,4-5H2,1-3H3. The maximum atomic E-state index is 5.74. The van der Waals surface area contributed by atoms with Crippen LogP contribution in [0.4, 0.5) is 0 Å². The van der Waals surface area contributed by atoms with Gasteiger partial charge in [0.05, 0.1) is 25.4 Å². The molecular formula is C124H245N15O2. The summed E-state index contributed by atoms with van der Waals surface area (Å²) in [6, 6.07) is 14.9. The summed E-state index contributed by atoms with van der Waals surface area (Å²) < 4.78 is 11.2. The van der Waals surface area contributed by atoms with Gasteiger partial charge < -0.3 is 48.7 Å². The van der Waals surface area contributed by atoms with Gasteiger partial charge in [-0.1, -0.05) is 65.7 Å². The molecule has 17 heterocycles. The number of hydrogen-bond acceptors (Lipinski definition) is 17. The zero-order chi connectivity index (χ0) is 103. The van der Waals surface area contributed by atoms with E-state index in [0.29, 0.717) is 24.3 Å². The zero-order valence-electron chi connectivity index (χ0n) is 100.0. The molecule has 17 saturated heterocycles. The SMILES string of the molecule is CC(C)N1C2CCC1COC2.CC(C)N1CC2(CCC2)C1.CC(C)N1CC2(CCC2)C1.CC(C)N1CC2CCC(C1)O2.CC(C)N1CC2CCC1C2.CC(C)N1CC2CCCC2C1.CC(C)N1CC2CCCC2C1.CC(C)N1CCC2CCCC21.CC(C)N1CCCCC1.CC(C)N1CCCCC1.CC(C)N1CCN2CCC1C2.CC1CCN(C(C)C)C1.CC1CCN(C(C)C)CC1.CC1CN(C(C)C)C1. The molecule has 0 N–H and O–H groups in total. The zero-order valence-corrected chi connectivity index (χ0v) is 100.0. The highest BCUT2D eigenvalue weighted by molar-refractivity contribution is 5.04. The topological polar surface area (TPSA) is 67.1 Å². The summed E-state index contributed by atoms with van der Waals surface area (Å²) in [4.78, 5) is 39.0. The second-order valence-corrected chi connectivity index (χ2v) is 55.1. The number of hydrogen-bond donors (Lipinski definition) is 0. The average molecular weight is 1980 g/mol. The molecule has 23 rings (SSSR count). The van der Waals surface area contributed by atoms with Crippen molar-refractivity contribution in [1.82, 2.24) is 73.5 Å². The van der Waals surface area contributed by atoms with Crippen LogP contribution in [0.15, 0.2) is 0 Å². The number of piperazine rings is 1. The van der Waals surface area contributed by atoms with Crippen LogP contribution in [0, 0.1) is 64.1 Å². The van der Waals surface area contributed by atoms with Gasteiger partial charge in [0.15, 0.2) is 0 Å². The number of rotatable bonds is 14. The van der Waals surface area contributed by atoms with E-state index in [1.165, 1.54) is 369 Å². The fourth-order valence-electron chi connectivity index (χ4n) is 29.2. The summed E-state index contributed by atoms with van der Waals surface area (Å²) in [6.45, 7) is 108. The van der Waals surface area contributed by atoms with Crippen molar-refractivity contribution in [3.05, 3.63) is 0 Å². The molecule has 23 fully saturated rings. The largest absolute Gasteiger partial charge is 0.378 e. The van der Waals surface area contributed by atoms with Gasteiger partial charge in [-0.05, 0) is 484 Å². The monoisotopic (exact) mass is 1980 g/mol. The lowest BCUT2D eigenvalue weighted by Gasteiger charge is -2.57. The van der Waals surface area contributed by atoms with E-state index < -0.39 is 0 Å². The van der Waals surface area contributed by atoms with Gasteiger partial charge in [0.25, 0.3) is 0 Å². The van der Waals surface area contributed by atoms with E-state index in [1.807, 2.05) is 0 Å². The van der Waals surface area contributed by atoms with Crippen molar-refractivity contribution in [3.63, 3.8) is 0 Å². The molecule has 6 saturated carbocycles. The summed E-state index contributed by atoms with van der Waals surface area (Å²) in [6.07, 6.45) is 49.0. The Morgan fingerprint density at radius 1 is 0.220 bits per heavy atom. The quantitative estimate of drug-likeness (QED) is 0.166. The fraction of sp³-hybridized carbons (Fsp3) is 1.00.